The van der Waals surface area contributed by atoms with Crippen LogP contribution >= 0.6 is 0 Å². The van der Waals surface area contributed by atoms with Crippen molar-refractivity contribution in [3.63, 3.8) is 0 Å². The van der Waals surface area contributed by atoms with E-state index in [1.807, 2.05) is 0 Å². The molecular weight excluding hydrogens is 74.1 g/mol. The highest BCUT2D eigenvalue weighted by atomic mass is 32.1. The number of nitrogens with zero attached hydrogens (tertiary/aromatic N) is 1. The molecule has 0 spiro atoms. The van der Waals surface area contributed by atoms with E-state index in [1.54, 1.807) is 0 Å². The van der Waals surface area contributed by atoms with Crippen LogP contribution in [0.2, 0.25) is 0 Å². The van der Waals surface area contributed by atoms with E-state index in [0.717, 1.165) is 0 Å². The molecule has 0 amide bonds. The van der Waals surface area contributed by atoms with Crippen molar-refractivity contribution < 1.29 is 5.48 Å². The first-order valence-electron chi connectivity index (χ1n) is 0.428. The summed E-state index contributed by atoms with van der Waals surface area (Å²) in [5.41, 5.74) is 0. The molecular formula is CH2NOS-. The van der Waals surface area contributed by atoms with Crippen LogP contribution in [-0.2, 0) is 12.6 Å². The zero-order valence-corrected chi connectivity index (χ0v) is 2.67. The summed E-state index contributed by atoms with van der Waals surface area (Å²) in [5.74, 6) is 0. The number of rotatable bonds is 0. The highest BCUT2D eigenvalue weighted by molar-refractivity contribution is 7.64. The van der Waals surface area contributed by atoms with E-state index in [2.05, 4.69) is 12.6 Å². The highest BCUT2D eigenvalue weighted by Crippen LogP contribution is 1.16. The molecule has 4 heavy (non-hydrogen) atoms. The van der Waals surface area contributed by atoms with Gasteiger partial charge in [0, 0.05) is 0 Å². The molecule has 0 aromatic heterocycles. The van der Waals surface area contributed by atoms with Crippen LogP contribution in [0.25, 0.3) is 0 Å². The van der Waals surface area contributed by atoms with Gasteiger partial charge in [-0.3, -0.25) is 0 Å². The van der Waals surface area contributed by atoms with Crippen LogP contribution in [0.5, 0.6) is 0 Å². The minimum Gasteiger partial charge on any atom is -0.696 e. The number of hydrogen-bond donors (Lipinski definition) is 0. The minimum absolute atomic E-state index is 0. The van der Waals surface area contributed by atoms with Crippen molar-refractivity contribution in [3.05, 3.63) is 0 Å². The van der Waals surface area contributed by atoms with E-state index >= 15 is 0 Å². The van der Waals surface area contributed by atoms with E-state index in [0.29, 0.717) is 0 Å². The number of hydrogen-bond acceptors (Lipinski definition) is 2. The molecule has 0 unspecified atom stereocenters. The van der Waals surface area contributed by atoms with Gasteiger partial charge in [-0.05, 0) is 0 Å². The Morgan fingerprint density at radius 2 is 1.75 bits per heavy atom. The predicted molar refractivity (Wildman–Crippen MR) is 16.6 cm³/mol. The second-order valence-corrected chi connectivity index (χ2v) is 0.274. The summed E-state index contributed by atoms with van der Waals surface area (Å²) >= 11 is 3.70. The fraction of sp³-hybridized carbons (Fsp3) is 0. The molecule has 0 aromatic carbocycles. The van der Waals surface area contributed by atoms with Crippen LogP contribution in [0.3, 0.4) is 0 Å². The van der Waals surface area contributed by atoms with E-state index in [1.165, 1.54) is 5.40 Å². The third-order valence-electron chi connectivity index (χ3n) is 0. The normalized spacial score (nSPS) is 1.75. The van der Waals surface area contributed by atoms with Gasteiger partial charge in [-0.2, -0.15) is 0 Å². The lowest BCUT2D eigenvalue weighted by molar-refractivity contribution is 0.824. The molecule has 0 aliphatic rings. The summed E-state index contributed by atoms with van der Waals surface area (Å²) in [5, 5.41) is 8.47. The monoisotopic (exact) mass is 76.0 g/mol. The SMILES string of the molecule is N#C[S-].O. The van der Waals surface area contributed by atoms with Gasteiger partial charge in [0.1, 0.15) is 0 Å². The second kappa shape index (κ2) is 16.6. The van der Waals surface area contributed by atoms with E-state index in [9.17, 15) is 0 Å². The van der Waals surface area contributed by atoms with Gasteiger partial charge in [-0.15, -0.1) is 0 Å². The zero-order valence-electron chi connectivity index (χ0n) is 1.86. The largest absolute Gasteiger partial charge is 0.696 e. The molecule has 0 bridgehead atoms. The Labute approximate surface area is 29.8 Å². The van der Waals surface area contributed by atoms with Gasteiger partial charge in [0.05, 0.1) is 0 Å². The summed E-state index contributed by atoms with van der Waals surface area (Å²) in [6.45, 7) is 0. The van der Waals surface area contributed by atoms with Crippen LogP contribution in [0.4, 0.5) is 0 Å². The number of nitriles is 1. The van der Waals surface area contributed by atoms with Crippen molar-refractivity contribution in [2.75, 3.05) is 0 Å². The molecule has 0 aromatic rings. The topological polar surface area (TPSA) is 55.3 Å². The Morgan fingerprint density at radius 1 is 1.75 bits per heavy atom. The molecule has 0 fully saturated rings. The summed E-state index contributed by atoms with van der Waals surface area (Å²) in [6.07, 6.45) is 0. The molecule has 0 aliphatic heterocycles. The fourth-order valence-electron chi connectivity index (χ4n) is 0. The summed E-state index contributed by atoms with van der Waals surface area (Å²) in [7, 11) is 0. The second-order valence-electron chi connectivity index (χ2n) is 0.0913. The molecule has 0 heterocycles. The smallest absolute Gasteiger partial charge is 0.0797 e. The van der Waals surface area contributed by atoms with Crippen LogP contribution in [0.15, 0.2) is 0 Å². The van der Waals surface area contributed by atoms with Crippen molar-refractivity contribution in [3.8, 4) is 5.40 Å². The van der Waals surface area contributed by atoms with Crippen molar-refractivity contribution in [2.24, 2.45) is 0 Å². The van der Waals surface area contributed by atoms with E-state index in [4.69, 9.17) is 5.26 Å². The van der Waals surface area contributed by atoms with Crippen LogP contribution < -0.4 is 0 Å². The maximum atomic E-state index is 7.13. The molecule has 3 heteroatoms. The Kier molecular flexibility index (Phi) is 38.9. The maximum absolute atomic E-state index is 7.13. The average molecular weight is 76.1 g/mol. The van der Waals surface area contributed by atoms with Crippen molar-refractivity contribution >= 4 is 12.6 Å². The van der Waals surface area contributed by atoms with Crippen LogP contribution in [0.1, 0.15) is 0 Å². The molecule has 0 radical (unpaired) electrons. The van der Waals surface area contributed by atoms with Crippen molar-refractivity contribution in [2.45, 2.75) is 0 Å². The predicted octanol–water partition coefficient (Wildman–Crippen LogP) is -0.810. The fourth-order valence-corrected chi connectivity index (χ4v) is 0. The molecule has 0 rings (SSSR count). The summed E-state index contributed by atoms with van der Waals surface area (Å²) in [6, 6.07) is 0. The van der Waals surface area contributed by atoms with E-state index < -0.39 is 0 Å². The molecule has 2 N–H and O–H groups in total. The quantitative estimate of drug-likeness (QED) is 0.280. The molecule has 0 aliphatic carbocycles. The summed E-state index contributed by atoms with van der Waals surface area (Å²) in [4.78, 5) is 0. The lowest BCUT2D eigenvalue weighted by atomic mass is 11.8. The Bertz CT molecular complexity index is 29.5. The summed E-state index contributed by atoms with van der Waals surface area (Å²) < 4.78 is 0. The van der Waals surface area contributed by atoms with Crippen molar-refractivity contribution in [1.82, 2.24) is 0 Å². The van der Waals surface area contributed by atoms with Crippen molar-refractivity contribution in [1.29, 1.82) is 5.26 Å². The Hall–Kier alpha value is -0.330. The minimum atomic E-state index is 0. The Balaban J connectivity index is 0. The standard InChI is InChI=1S/CHNS.H2O/c2-1-3;/h3H;1H2/p-1. The molecule has 0 atom stereocenters. The maximum Gasteiger partial charge on any atom is -0.0797 e. The highest BCUT2D eigenvalue weighted by Gasteiger charge is 0.867. The van der Waals surface area contributed by atoms with Gasteiger partial charge >= 0.3 is 0 Å². The third-order valence-corrected chi connectivity index (χ3v) is 0. The van der Waals surface area contributed by atoms with Crippen LogP contribution in [0, 0.1) is 10.7 Å². The van der Waals surface area contributed by atoms with Gasteiger partial charge in [0.15, 0.2) is 0 Å². The van der Waals surface area contributed by atoms with Gasteiger partial charge < -0.3 is 18.1 Å². The van der Waals surface area contributed by atoms with Gasteiger partial charge in [-0.25, -0.2) is 5.26 Å². The molecule has 0 saturated heterocycles. The number of thiocyanates is 1. The first kappa shape index (κ1) is 9.38. The van der Waals surface area contributed by atoms with Gasteiger partial charge in [0.25, 0.3) is 0 Å². The zero-order chi connectivity index (χ0) is 2.71. The Morgan fingerprint density at radius 3 is 1.75 bits per heavy atom. The van der Waals surface area contributed by atoms with E-state index in [-0.39, 0.29) is 5.48 Å². The molecule has 24 valence electrons. The molecule has 0 saturated carbocycles. The lowest BCUT2D eigenvalue weighted by Gasteiger charge is -1.53. The average Bonchev–Trinajstić information content (AvgIpc) is 0.918. The molecule has 2 nitrogen and oxygen atoms in total. The van der Waals surface area contributed by atoms with Gasteiger partial charge in [0.2, 0.25) is 0 Å². The first-order valence-corrected chi connectivity index (χ1v) is 0.836. The first-order chi connectivity index (χ1) is 1.41. The van der Waals surface area contributed by atoms with Gasteiger partial charge in [-0.1, -0.05) is 5.40 Å². The third kappa shape index (κ3) is 6.88. The lowest BCUT2D eigenvalue weighted by Crippen LogP contribution is -1.15. The van der Waals surface area contributed by atoms with Crippen LogP contribution in [-0.4, -0.2) is 5.48 Å².